The standard InChI is InChI=1S/C19H29N5OS/c1-14(2)20-19(25)17-12-24(22-21-17)10-7-16-6-4-5-9-23(16)13-18-15(3)8-11-26-18/h8,11-12,14,16H,4-7,9-10,13H2,1-3H3,(H,20,25)/t16-/m1/s1. The molecule has 7 heteroatoms. The number of carbonyl (C=O) groups is 1. The molecule has 26 heavy (non-hydrogen) atoms. The van der Waals surface area contributed by atoms with E-state index in [-0.39, 0.29) is 11.9 Å². The molecule has 0 bridgehead atoms. The number of hydrogen-bond acceptors (Lipinski definition) is 5. The van der Waals surface area contributed by atoms with Crippen molar-refractivity contribution in [2.24, 2.45) is 0 Å². The SMILES string of the molecule is Cc1ccsc1CN1CCCC[C@@H]1CCn1cc(C(=O)NC(C)C)nn1. The average molecular weight is 376 g/mol. The summed E-state index contributed by atoms with van der Waals surface area (Å²) in [6, 6.07) is 2.88. The third-order valence-corrected chi connectivity index (χ3v) is 5.95. The van der Waals surface area contributed by atoms with E-state index in [9.17, 15) is 4.79 Å². The molecule has 6 nitrogen and oxygen atoms in total. The van der Waals surface area contributed by atoms with Gasteiger partial charge in [-0.2, -0.15) is 0 Å². The van der Waals surface area contributed by atoms with Gasteiger partial charge >= 0.3 is 0 Å². The maximum Gasteiger partial charge on any atom is 0.273 e. The van der Waals surface area contributed by atoms with E-state index in [1.54, 1.807) is 10.9 Å². The van der Waals surface area contributed by atoms with E-state index in [0.717, 1.165) is 19.5 Å². The number of carbonyl (C=O) groups excluding carboxylic acids is 1. The number of piperidine rings is 1. The monoisotopic (exact) mass is 375 g/mol. The second kappa shape index (κ2) is 8.77. The first kappa shape index (κ1) is 19.0. The van der Waals surface area contributed by atoms with Gasteiger partial charge in [0.2, 0.25) is 0 Å². The molecule has 2 aromatic rings. The molecule has 2 aromatic heterocycles. The van der Waals surface area contributed by atoms with Gasteiger partial charge in [0.15, 0.2) is 5.69 Å². The van der Waals surface area contributed by atoms with E-state index in [0.29, 0.717) is 11.7 Å². The molecule has 3 heterocycles. The van der Waals surface area contributed by atoms with Crippen LogP contribution in [0.25, 0.3) is 0 Å². The summed E-state index contributed by atoms with van der Waals surface area (Å²) in [5.74, 6) is -0.154. The fraction of sp³-hybridized carbons (Fsp3) is 0.632. The average Bonchev–Trinajstić information content (AvgIpc) is 3.23. The second-order valence-corrected chi connectivity index (χ2v) is 8.43. The molecule has 142 valence electrons. The number of rotatable bonds is 7. The van der Waals surface area contributed by atoms with Crippen molar-refractivity contribution in [3.05, 3.63) is 33.8 Å². The van der Waals surface area contributed by atoms with Gasteiger partial charge in [0, 0.05) is 30.1 Å². The van der Waals surface area contributed by atoms with Crippen molar-refractivity contribution in [3.63, 3.8) is 0 Å². The normalized spacial score (nSPS) is 18.4. The smallest absolute Gasteiger partial charge is 0.273 e. The first-order chi connectivity index (χ1) is 12.5. The van der Waals surface area contributed by atoms with Crippen LogP contribution in [-0.4, -0.2) is 44.4 Å². The molecular formula is C19H29N5OS. The highest BCUT2D eigenvalue weighted by molar-refractivity contribution is 7.10. The maximum absolute atomic E-state index is 12.0. The third-order valence-electron chi connectivity index (χ3n) is 4.95. The zero-order valence-electron chi connectivity index (χ0n) is 15.9. The molecule has 0 unspecified atom stereocenters. The number of thiophene rings is 1. The summed E-state index contributed by atoms with van der Waals surface area (Å²) in [4.78, 5) is 16.1. The van der Waals surface area contributed by atoms with E-state index in [2.05, 4.69) is 38.9 Å². The molecule has 0 aliphatic carbocycles. The second-order valence-electron chi connectivity index (χ2n) is 7.43. The van der Waals surface area contributed by atoms with Crippen LogP contribution in [0.15, 0.2) is 17.6 Å². The Morgan fingerprint density at radius 3 is 3.00 bits per heavy atom. The van der Waals surface area contributed by atoms with Gasteiger partial charge in [0.1, 0.15) is 0 Å². The minimum Gasteiger partial charge on any atom is -0.348 e. The lowest BCUT2D eigenvalue weighted by Gasteiger charge is -2.35. The Balaban J connectivity index is 1.56. The summed E-state index contributed by atoms with van der Waals surface area (Å²) in [5, 5.41) is 13.2. The Morgan fingerprint density at radius 1 is 1.42 bits per heavy atom. The van der Waals surface area contributed by atoms with Gasteiger partial charge in [-0.3, -0.25) is 14.4 Å². The van der Waals surface area contributed by atoms with Crippen LogP contribution in [0.2, 0.25) is 0 Å². The van der Waals surface area contributed by atoms with Crippen LogP contribution in [-0.2, 0) is 13.1 Å². The van der Waals surface area contributed by atoms with Crippen LogP contribution in [0.3, 0.4) is 0 Å². The van der Waals surface area contributed by atoms with Crippen molar-refractivity contribution in [1.29, 1.82) is 0 Å². The van der Waals surface area contributed by atoms with Crippen molar-refractivity contribution in [1.82, 2.24) is 25.2 Å². The van der Waals surface area contributed by atoms with Gasteiger partial charge in [-0.05, 0) is 63.6 Å². The Kier molecular flexibility index (Phi) is 6.43. The molecule has 1 amide bonds. The maximum atomic E-state index is 12.0. The van der Waals surface area contributed by atoms with E-state index in [1.807, 2.05) is 25.2 Å². The molecule has 1 aliphatic heterocycles. The van der Waals surface area contributed by atoms with Crippen LogP contribution in [0.4, 0.5) is 0 Å². The van der Waals surface area contributed by atoms with Crippen molar-refractivity contribution in [2.75, 3.05) is 6.54 Å². The van der Waals surface area contributed by atoms with Gasteiger partial charge in [-0.1, -0.05) is 11.6 Å². The summed E-state index contributed by atoms with van der Waals surface area (Å²) in [6.45, 7) is 9.09. The lowest BCUT2D eigenvalue weighted by atomic mass is 9.99. The van der Waals surface area contributed by atoms with Crippen LogP contribution >= 0.6 is 11.3 Å². The van der Waals surface area contributed by atoms with E-state index in [4.69, 9.17) is 0 Å². The topological polar surface area (TPSA) is 63.1 Å². The summed E-state index contributed by atoms with van der Waals surface area (Å²) >= 11 is 1.86. The number of amides is 1. The molecule has 1 fully saturated rings. The molecule has 1 saturated heterocycles. The van der Waals surface area contributed by atoms with Crippen LogP contribution in [0.5, 0.6) is 0 Å². The summed E-state index contributed by atoms with van der Waals surface area (Å²) in [5.41, 5.74) is 1.80. The van der Waals surface area contributed by atoms with Gasteiger partial charge < -0.3 is 5.32 Å². The van der Waals surface area contributed by atoms with Crippen molar-refractivity contribution >= 4 is 17.2 Å². The summed E-state index contributed by atoms with van der Waals surface area (Å²) in [7, 11) is 0. The van der Waals surface area contributed by atoms with Gasteiger partial charge in [0.25, 0.3) is 5.91 Å². The highest BCUT2D eigenvalue weighted by Crippen LogP contribution is 2.25. The number of nitrogens with zero attached hydrogens (tertiary/aromatic N) is 4. The number of likely N-dealkylation sites (tertiary alicyclic amines) is 1. The number of nitrogens with one attached hydrogen (secondary N) is 1. The van der Waals surface area contributed by atoms with Crippen molar-refractivity contribution < 1.29 is 4.79 Å². The molecule has 1 N–H and O–H groups in total. The first-order valence-electron chi connectivity index (χ1n) is 9.51. The lowest BCUT2D eigenvalue weighted by Crippen LogP contribution is -2.39. The fourth-order valence-corrected chi connectivity index (χ4v) is 4.41. The highest BCUT2D eigenvalue weighted by Gasteiger charge is 2.23. The highest BCUT2D eigenvalue weighted by atomic mass is 32.1. The van der Waals surface area contributed by atoms with Crippen molar-refractivity contribution in [3.8, 4) is 0 Å². The Hall–Kier alpha value is -1.73. The Bertz CT molecular complexity index is 723. The predicted molar refractivity (Wildman–Crippen MR) is 104 cm³/mol. The third kappa shape index (κ3) is 4.92. The fourth-order valence-electron chi connectivity index (χ4n) is 3.47. The Morgan fingerprint density at radius 2 is 2.27 bits per heavy atom. The van der Waals surface area contributed by atoms with Crippen molar-refractivity contribution in [2.45, 2.75) is 71.6 Å². The number of aromatic nitrogens is 3. The molecule has 3 rings (SSSR count). The first-order valence-corrected chi connectivity index (χ1v) is 10.4. The van der Waals surface area contributed by atoms with Gasteiger partial charge in [-0.15, -0.1) is 16.4 Å². The molecule has 0 aromatic carbocycles. The van der Waals surface area contributed by atoms with Gasteiger partial charge in [0.05, 0.1) is 6.20 Å². The Labute approximate surface area is 159 Å². The van der Waals surface area contributed by atoms with E-state index >= 15 is 0 Å². The van der Waals surface area contributed by atoms with E-state index in [1.165, 1.54) is 36.2 Å². The zero-order chi connectivity index (χ0) is 18.5. The van der Waals surface area contributed by atoms with Crippen LogP contribution in [0, 0.1) is 6.92 Å². The quantitative estimate of drug-likeness (QED) is 0.807. The largest absolute Gasteiger partial charge is 0.348 e. The van der Waals surface area contributed by atoms with E-state index < -0.39 is 0 Å². The molecule has 1 aliphatic rings. The minimum absolute atomic E-state index is 0.101. The summed E-state index contributed by atoms with van der Waals surface area (Å²) < 4.78 is 1.80. The summed E-state index contributed by atoms with van der Waals surface area (Å²) in [6.07, 6.45) is 6.61. The van der Waals surface area contributed by atoms with Crippen LogP contribution < -0.4 is 5.32 Å². The zero-order valence-corrected chi connectivity index (χ0v) is 16.8. The van der Waals surface area contributed by atoms with Gasteiger partial charge in [-0.25, -0.2) is 0 Å². The molecule has 0 spiro atoms. The molecule has 0 saturated carbocycles. The predicted octanol–water partition coefficient (Wildman–Crippen LogP) is 3.23. The molecule has 1 atom stereocenters. The molecule has 0 radical (unpaired) electrons. The number of aryl methyl sites for hydroxylation is 2. The van der Waals surface area contributed by atoms with Crippen LogP contribution in [0.1, 0.15) is 60.5 Å². The minimum atomic E-state index is -0.154. The number of hydrogen-bond donors (Lipinski definition) is 1. The lowest BCUT2D eigenvalue weighted by molar-refractivity contribution is 0.0938. The molecular weight excluding hydrogens is 346 g/mol.